The standard InChI is InChI=1S/C15H13F2N3O/c1-3-10-11(8-18)15(20-19-14(10)4-2)21-9-5-6-12(16)13(17)7-9/h5-7H,3-4H2,1-2H3. The Balaban J connectivity index is 2.44. The first-order valence-corrected chi connectivity index (χ1v) is 6.52. The third kappa shape index (κ3) is 2.97. The number of aryl methyl sites for hydroxylation is 1. The Morgan fingerprint density at radius 3 is 2.48 bits per heavy atom. The van der Waals surface area contributed by atoms with E-state index < -0.39 is 11.6 Å². The van der Waals surface area contributed by atoms with Crippen LogP contribution in [0.5, 0.6) is 11.6 Å². The Hall–Kier alpha value is -2.55. The highest BCUT2D eigenvalue weighted by atomic mass is 19.2. The van der Waals surface area contributed by atoms with E-state index in [1.807, 2.05) is 19.9 Å². The van der Waals surface area contributed by atoms with Gasteiger partial charge in [-0.2, -0.15) is 10.4 Å². The molecule has 1 aromatic heterocycles. The molecule has 4 nitrogen and oxygen atoms in total. The smallest absolute Gasteiger partial charge is 0.257 e. The molecule has 0 bridgehead atoms. The monoisotopic (exact) mass is 289 g/mol. The highest BCUT2D eigenvalue weighted by molar-refractivity contribution is 5.47. The number of hydrogen-bond donors (Lipinski definition) is 0. The van der Waals surface area contributed by atoms with Gasteiger partial charge in [-0.1, -0.05) is 13.8 Å². The number of nitriles is 1. The predicted molar refractivity (Wildman–Crippen MR) is 71.9 cm³/mol. The van der Waals surface area contributed by atoms with E-state index >= 15 is 0 Å². The second-order valence-corrected chi connectivity index (χ2v) is 4.30. The largest absolute Gasteiger partial charge is 0.436 e. The Kier molecular flexibility index (Phi) is 4.43. The van der Waals surface area contributed by atoms with Crippen molar-refractivity contribution in [2.45, 2.75) is 26.7 Å². The van der Waals surface area contributed by atoms with Gasteiger partial charge < -0.3 is 4.74 Å². The molecule has 0 N–H and O–H groups in total. The van der Waals surface area contributed by atoms with Crippen molar-refractivity contribution in [3.05, 3.63) is 46.7 Å². The van der Waals surface area contributed by atoms with Gasteiger partial charge in [-0.15, -0.1) is 5.10 Å². The lowest BCUT2D eigenvalue weighted by atomic mass is 10.0. The molecule has 21 heavy (non-hydrogen) atoms. The van der Waals surface area contributed by atoms with Crippen molar-refractivity contribution in [1.29, 1.82) is 5.26 Å². The average Bonchev–Trinajstić information content (AvgIpc) is 2.50. The van der Waals surface area contributed by atoms with Gasteiger partial charge in [0.05, 0.1) is 5.69 Å². The van der Waals surface area contributed by atoms with Crippen LogP contribution in [0.25, 0.3) is 0 Å². The lowest BCUT2D eigenvalue weighted by Gasteiger charge is -2.11. The summed E-state index contributed by atoms with van der Waals surface area (Å²) in [5.41, 5.74) is 1.76. The molecule has 108 valence electrons. The van der Waals surface area contributed by atoms with Crippen LogP contribution in [0, 0.1) is 23.0 Å². The molecule has 0 spiro atoms. The number of rotatable bonds is 4. The van der Waals surface area contributed by atoms with Gasteiger partial charge in [0.15, 0.2) is 11.6 Å². The number of aromatic nitrogens is 2. The highest BCUT2D eigenvalue weighted by Crippen LogP contribution is 2.27. The molecule has 1 aromatic carbocycles. The van der Waals surface area contributed by atoms with E-state index in [1.54, 1.807) is 0 Å². The molecule has 2 aromatic rings. The second kappa shape index (κ2) is 6.27. The van der Waals surface area contributed by atoms with E-state index in [0.29, 0.717) is 12.8 Å². The van der Waals surface area contributed by atoms with Crippen molar-refractivity contribution >= 4 is 0 Å². The summed E-state index contributed by atoms with van der Waals surface area (Å²) < 4.78 is 31.4. The summed E-state index contributed by atoms with van der Waals surface area (Å²) in [7, 11) is 0. The third-order valence-electron chi connectivity index (χ3n) is 3.03. The Morgan fingerprint density at radius 2 is 1.90 bits per heavy atom. The summed E-state index contributed by atoms with van der Waals surface area (Å²) in [6.07, 6.45) is 1.26. The molecule has 0 radical (unpaired) electrons. The van der Waals surface area contributed by atoms with Gasteiger partial charge >= 0.3 is 0 Å². The zero-order chi connectivity index (χ0) is 15.4. The summed E-state index contributed by atoms with van der Waals surface area (Å²) in [6.45, 7) is 3.82. The fourth-order valence-electron chi connectivity index (χ4n) is 1.99. The van der Waals surface area contributed by atoms with Gasteiger partial charge in [0.25, 0.3) is 5.88 Å². The third-order valence-corrected chi connectivity index (χ3v) is 3.03. The number of ether oxygens (including phenoxy) is 1. The lowest BCUT2D eigenvalue weighted by Crippen LogP contribution is -2.05. The molecule has 0 saturated heterocycles. The van der Waals surface area contributed by atoms with Gasteiger partial charge in [0, 0.05) is 6.07 Å². The van der Waals surface area contributed by atoms with Crippen LogP contribution in [0.3, 0.4) is 0 Å². The number of halogens is 2. The normalized spacial score (nSPS) is 10.2. The zero-order valence-corrected chi connectivity index (χ0v) is 11.7. The van der Waals surface area contributed by atoms with Crippen LogP contribution in [0.15, 0.2) is 18.2 Å². The molecular weight excluding hydrogens is 276 g/mol. The van der Waals surface area contributed by atoms with Gasteiger partial charge in [0.1, 0.15) is 17.4 Å². The summed E-state index contributed by atoms with van der Waals surface area (Å²) in [4.78, 5) is 0. The van der Waals surface area contributed by atoms with E-state index in [4.69, 9.17) is 4.74 Å². The molecule has 0 fully saturated rings. The fourth-order valence-corrected chi connectivity index (χ4v) is 1.99. The van der Waals surface area contributed by atoms with E-state index in [-0.39, 0.29) is 17.2 Å². The van der Waals surface area contributed by atoms with Crippen molar-refractivity contribution in [3.63, 3.8) is 0 Å². The number of benzene rings is 1. The van der Waals surface area contributed by atoms with Gasteiger partial charge in [-0.05, 0) is 30.5 Å². The Morgan fingerprint density at radius 1 is 1.14 bits per heavy atom. The topological polar surface area (TPSA) is 58.8 Å². The van der Waals surface area contributed by atoms with E-state index in [2.05, 4.69) is 10.2 Å². The molecule has 0 aliphatic carbocycles. The first-order chi connectivity index (χ1) is 10.1. The zero-order valence-electron chi connectivity index (χ0n) is 11.7. The molecule has 0 aliphatic heterocycles. The van der Waals surface area contributed by atoms with Crippen LogP contribution in [0.1, 0.15) is 30.7 Å². The minimum absolute atomic E-state index is 0.00226. The quantitative estimate of drug-likeness (QED) is 0.863. The number of hydrogen-bond acceptors (Lipinski definition) is 4. The lowest BCUT2D eigenvalue weighted by molar-refractivity contribution is 0.438. The second-order valence-electron chi connectivity index (χ2n) is 4.30. The predicted octanol–water partition coefficient (Wildman–Crippen LogP) is 3.54. The first-order valence-electron chi connectivity index (χ1n) is 6.52. The van der Waals surface area contributed by atoms with Crippen LogP contribution in [-0.4, -0.2) is 10.2 Å². The van der Waals surface area contributed by atoms with E-state index in [9.17, 15) is 14.0 Å². The molecule has 0 unspecified atom stereocenters. The number of nitrogens with zero attached hydrogens (tertiary/aromatic N) is 3. The Bertz CT molecular complexity index is 711. The van der Waals surface area contributed by atoms with Crippen molar-refractivity contribution < 1.29 is 13.5 Å². The Labute approximate surface area is 121 Å². The molecule has 0 aliphatic rings. The van der Waals surface area contributed by atoms with Gasteiger partial charge in [-0.3, -0.25) is 0 Å². The van der Waals surface area contributed by atoms with E-state index in [0.717, 1.165) is 23.4 Å². The fraction of sp³-hybridized carbons (Fsp3) is 0.267. The average molecular weight is 289 g/mol. The maximum Gasteiger partial charge on any atom is 0.257 e. The summed E-state index contributed by atoms with van der Waals surface area (Å²) in [5.74, 6) is -1.94. The van der Waals surface area contributed by atoms with Gasteiger partial charge in [-0.25, -0.2) is 8.78 Å². The van der Waals surface area contributed by atoms with Crippen molar-refractivity contribution in [2.24, 2.45) is 0 Å². The minimum Gasteiger partial charge on any atom is -0.436 e. The van der Waals surface area contributed by atoms with Crippen LogP contribution in [-0.2, 0) is 12.8 Å². The molecule has 0 atom stereocenters. The first kappa shape index (κ1) is 14.9. The van der Waals surface area contributed by atoms with E-state index in [1.165, 1.54) is 6.07 Å². The van der Waals surface area contributed by atoms with Crippen LogP contribution in [0.2, 0.25) is 0 Å². The molecule has 1 heterocycles. The van der Waals surface area contributed by atoms with Crippen LogP contribution in [0.4, 0.5) is 8.78 Å². The maximum atomic E-state index is 13.2. The maximum absolute atomic E-state index is 13.2. The van der Waals surface area contributed by atoms with Crippen molar-refractivity contribution in [3.8, 4) is 17.7 Å². The van der Waals surface area contributed by atoms with Gasteiger partial charge in [0.2, 0.25) is 0 Å². The van der Waals surface area contributed by atoms with Crippen LogP contribution >= 0.6 is 0 Å². The van der Waals surface area contributed by atoms with Crippen molar-refractivity contribution in [2.75, 3.05) is 0 Å². The highest BCUT2D eigenvalue weighted by Gasteiger charge is 2.16. The molecular formula is C15H13F2N3O. The molecule has 6 heteroatoms. The SMILES string of the molecule is CCc1nnc(Oc2ccc(F)c(F)c2)c(C#N)c1CC. The molecule has 0 saturated carbocycles. The van der Waals surface area contributed by atoms with Crippen LogP contribution < -0.4 is 4.74 Å². The summed E-state index contributed by atoms with van der Waals surface area (Å²) in [6, 6.07) is 5.16. The van der Waals surface area contributed by atoms with Crippen molar-refractivity contribution in [1.82, 2.24) is 10.2 Å². The summed E-state index contributed by atoms with van der Waals surface area (Å²) >= 11 is 0. The molecule has 2 rings (SSSR count). The summed E-state index contributed by atoms with van der Waals surface area (Å²) in [5, 5.41) is 17.2. The minimum atomic E-state index is -1.03. The molecule has 0 amide bonds.